The first-order valence-electron chi connectivity index (χ1n) is 9.32. The lowest BCUT2D eigenvalue weighted by Crippen LogP contribution is -2.48. The highest BCUT2D eigenvalue weighted by atomic mass is 16.5. The second-order valence-electron chi connectivity index (χ2n) is 6.66. The Morgan fingerprint density at radius 2 is 2.30 bits per heavy atom. The first kappa shape index (κ1) is 18.9. The predicted molar refractivity (Wildman–Crippen MR) is 101 cm³/mol. The van der Waals surface area contributed by atoms with Gasteiger partial charge in [0.2, 0.25) is 11.8 Å². The summed E-state index contributed by atoms with van der Waals surface area (Å²) in [7, 11) is 1.61. The minimum Gasteiger partial charge on any atom is -0.497 e. The van der Waals surface area contributed by atoms with Gasteiger partial charge in [0.15, 0.2) is 0 Å². The molecular weight excluding hydrogens is 344 g/mol. The smallest absolute Gasteiger partial charge is 0.225 e. The monoisotopic (exact) mass is 370 g/mol. The van der Waals surface area contributed by atoms with E-state index >= 15 is 0 Å². The number of likely N-dealkylation sites (tertiary alicyclic amines) is 1. The number of nitrogens with zero attached hydrogens (tertiary/aromatic N) is 2. The quantitative estimate of drug-likeness (QED) is 0.781. The third kappa shape index (κ3) is 4.30. The van der Waals surface area contributed by atoms with Crippen LogP contribution in [0.1, 0.15) is 37.1 Å². The molecule has 0 radical (unpaired) electrons. The number of amides is 2. The number of methoxy groups -OCH3 is 1. The number of aromatic amines is 1. The Kier molecular flexibility index (Phi) is 6.11. The van der Waals surface area contributed by atoms with Crippen molar-refractivity contribution in [3.05, 3.63) is 48.0 Å². The van der Waals surface area contributed by atoms with Gasteiger partial charge in [0.1, 0.15) is 5.75 Å². The topological polar surface area (TPSA) is 87.3 Å². The van der Waals surface area contributed by atoms with Crippen LogP contribution in [-0.2, 0) is 16.0 Å². The molecule has 0 unspecified atom stereocenters. The zero-order valence-corrected chi connectivity index (χ0v) is 15.8. The maximum Gasteiger partial charge on any atom is 0.225 e. The molecule has 1 aliphatic heterocycles. The molecule has 1 aliphatic rings. The number of hydrogen-bond acceptors (Lipinski definition) is 4. The molecule has 1 fully saturated rings. The van der Waals surface area contributed by atoms with Crippen LogP contribution in [0, 0.1) is 5.92 Å². The molecule has 1 aromatic carbocycles. The van der Waals surface area contributed by atoms with Crippen LogP contribution in [0.3, 0.4) is 0 Å². The van der Waals surface area contributed by atoms with Crippen molar-refractivity contribution in [2.45, 2.75) is 32.2 Å². The van der Waals surface area contributed by atoms with Gasteiger partial charge in [-0.15, -0.1) is 0 Å². The molecule has 2 amide bonds. The van der Waals surface area contributed by atoms with Crippen molar-refractivity contribution in [2.75, 3.05) is 20.2 Å². The molecule has 2 N–H and O–H groups in total. The van der Waals surface area contributed by atoms with Gasteiger partial charge >= 0.3 is 0 Å². The highest BCUT2D eigenvalue weighted by Gasteiger charge is 2.39. The Labute approximate surface area is 159 Å². The highest BCUT2D eigenvalue weighted by Crippen LogP contribution is 2.37. The van der Waals surface area contributed by atoms with Gasteiger partial charge in [-0.2, -0.15) is 0 Å². The third-order valence-corrected chi connectivity index (χ3v) is 5.07. The van der Waals surface area contributed by atoms with Gasteiger partial charge in [0.05, 0.1) is 25.4 Å². The second kappa shape index (κ2) is 8.70. The molecule has 144 valence electrons. The lowest BCUT2D eigenvalue weighted by molar-refractivity contribution is -0.143. The summed E-state index contributed by atoms with van der Waals surface area (Å²) < 4.78 is 5.33. The summed E-state index contributed by atoms with van der Waals surface area (Å²) in [4.78, 5) is 34.2. The largest absolute Gasteiger partial charge is 0.497 e. The van der Waals surface area contributed by atoms with E-state index < -0.39 is 0 Å². The van der Waals surface area contributed by atoms with Gasteiger partial charge < -0.3 is 19.9 Å². The zero-order chi connectivity index (χ0) is 19.2. The van der Waals surface area contributed by atoms with Crippen LogP contribution < -0.4 is 10.1 Å². The summed E-state index contributed by atoms with van der Waals surface area (Å²) in [6.07, 6.45) is 5.02. The van der Waals surface area contributed by atoms with Crippen LogP contribution in [0.25, 0.3) is 0 Å². The van der Waals surface area contributed by atoms with E-state index in [1.54, 1.807) is 24.5 Å². The zero-order valence-electron chi connectivity index (χ0n) is 15.8. The number of piperidine rings is 1. The van der Waals surface area contributed by atoms with Gasteiger partial charge in [-0.25, -0.2) is 4.98 Å². The van der Waals surface area contributed by atoms with Gasteiger partial charge in [0, 0.05) is 37.8 Å². The molecule has 0 saturated carbocycles. The molecule has 2 aromatic rings. The fourth-order valence-corrected chi connectivity index (χ4v) is 3.71. The van der Waals surface area contributed by atoms with Gasteiger partial charge in [-0.3, -0.25) is 9.59 Å². The highest BCUT2D eigenvalue weighted by molar-refractivity contribution is 5.85. The maximum atomic E-state index is 12.9. The number of benzene rings is 1. The fraction of sp³-hybridized carbons (Fsp3) is 0.450. The Hall–Kier alpha value is -2.83. The van der Waals surface area contributed by atoms with E-state index in [0.717, 1.165) is 17.0 Å². The first-order chi connectivity index (χ1) is 13.1. The number of aromatic nitrogens is 2. The van der Waals surface area contributed by atoms with E-state index in [2.05, 4.69) is 15.3 Å². The van der Waals surface area contributed by atoms with Crippen molar-refractivity contribution >= 4 is 11.8 Å². The average Bonchev–Trinajstić information content (AvgIpc) is 3.21. The predicted octanol–water partition coefficient (Wildman–Crippen LogP) is 2.08. The standard InChI is InChI=1S/C20H26N4O3/c1-3-24-18(25)8-7-17(19(24)14-5-4-6-16(11-14)27-2)20(26)22-10-9-15-12-21-13-23-15/h4-6,11-13,17,19H,3,7-10H2,1-2H3,(H,21,23)(H,22,26)/t17-,19+/m1/s1. The minimum absolute atomic E-state index is 0.0201. The molecule has 0 spiro atoms. The molecule has 7 heteroatoms. The molecular formula is C20H26N4O3. The van der Waals surface area contributed by atoms with Gasteiger partial charge in [-0.05, 0) is 31.0 Å². The van der Waals surface area contributed by atoms with Crippen LogP contribution in [-0.4, -0.2) is 46.9 Å². The summed E-state index contributed by atoms with van der Waals surface area (Å²) in [6, 6.07) is 7.35. The van der Waals surface area contributed by atoms with E-state index in [-0.39, 0.29) is 23.8 Å². The van der Waals surface area contributed by atoms with Crippen LogP contribution in [0.4, 0.5) is 0 Å². The number of H-pyrrole nitrogens is 1. The Morgan fingerprint density at radius 1 is 1.44 bits per heavy atom. The number of carbonyl (C=O) groups is 2. The normalized spacial score (nSPS) is 19.8. The molecule has 0 bridgehead atoms. The molecule has 1 aromatic heterocycles. The number of imidazole rings is 1. The van der Waals surface area contributed by atoms with Crippen LogP contribution >= 0.6 is 0 Å². The molecule has 2 atom stereocenters. The number of rotatable bonds is 7. The Morgan fingerprint density at radius 3 is 3.00 bits per heavy atom. The SMILES string of the molecule is CCN1C(=O)CC[C@@H](C(=O)NCCc2cnc[nH]2)[C@@H]1c1cccc(OC)c1. The molecule has 3 rings (SSSR count). The lowest BCUT2D eigenvalue weighted by atomic mass is 9.83. The van der Waals surface area contributed by atoms with E-state index in [4.69, 9.17) is 4.74 Å². The summed E-state index contributed by atoms with van der Waals surface area (Å²) in [6.45, 7) is 3.05. The van der Waals surface area contributed by atoms with Crippen LogP contribution in [0.5, 0.6) is 5.75 Å². The van der Waals surface area contributed by atoms with Crippen molar-refractivity contribution in [3.8, 4) is 5.75 Å². The summed E-state index contributed by atoms with van der Waals surface area (Å²) in [5.41, 5.74) is 1.91. The van der Waals surface area contributed by atoms with E-state index in [1.807, 2.05) is 31.2 Å². The van der Waals surface area contributed by atoms with Crippen molar-refractivity contribution in [1.29, 1.82) is 0 Å². The van der Waals surface area contributed by atoms with Crippen molar-refractivity contribution in [1.82, 2.24) is 20.2 Å². The molecule has 27 heavy (non-hydrogen) atoms. The molecule has 7 nitrogen and oxygen atoms in total. The summed E-state index contributed by atoms with van der Waals surface area (Å²) >= 11 is 0. The van der Waals surface area contributed by atoms with Gasteiger partial charge in [0.25, 0.3) is 0 Å². The van der Waals surface area contributed by atoms with Crippen molar-refractivity contribution in [3.63, 3.8) is 0 Å². The maximum absolute atomic E-state index is 12.9. The van der Waals surface area contributed by atoms with Crippen molar-refractivity contribution < 1.29 is 14.3 Å². The van der Waals surface area contributed by atoms with Crippen molar-refractivity contribution in [2.24, 2.45) is 5.92 Å². The second-order valence-corrected chi connectivity index (χ2v) is 6.66. The van der Waals surface area contributed by atoms with E-state index in [0.29, 0.717) is 32.4 Å². The van der Waals surface area contributed by atoms with E-state index in [1.165, 1.54) is 0 Å². The molecule has 2 heterocycles. The first-order valence-corrected chi connectivity index (χ1v) is 9.32. The van der Waals surface area contributed by atoms with E-state index in [9.17, 15) is 9.59 Å². The summed E-state index contributed by atoms with van der Waals surface area (Å²) in [5, 5.41) is 3.02. The fourth-order valence-electron chi connectivity index (χ4n) is 3.71. The summed E-state index contributed by atoms with van der Waals surface area (Å²) in [5.74, 6) is 0.511. The van der Waals surface area contributed by atoms with Crippen LogP contribution in [0.2, 0.25) is 0 Å². The molecule has 0 aliphatic carbocycles. The third-order valence-electron chi connectivity index (χ3n) is 5.07. The Bertz CT molecular complexity index is 775. The Balaban J connectivity index is 1.77. The molecule has 1 saturated heterocycles. The average molecular weight is 370 g/mol. The number of hydrogen-bond donors (Lipinski definition) is 2. The number of nitrogens with one attached hydrogen (secondary N) is 2. The van der Waals surface area contributed by atoms with Crippen LogP contribution in [0.15, 0.2) is 36.8 Å². The lowest BCUT2D eigenvalue weighted by Gasteiger charge is -2.40. The number of ether oxygens (including phenoxy) is 1. The minimum atomic E-state index is -0.281. The van der Waals surface area contributed by atoms with Gasteiger partial charge in [-0.1, -0.05) is 12.1 Å². The number of carbonyl (C=O) groups excluding carboxylic acids is 2.